The molecule has 0 bridgehead atoms. The molecule has 0 fully saturated rings. The maximum atomic E-state index is 9.53. The van der Waals surface area contributed by atoms with E-state index >= 15 is 0 Å². The first-order valence-electron chi connectivity index (χ1n) is 9.29. The van der Waals surface area contributed by atoms with Crippen molar-refractivity contribution in [3.8, 4) is 28.5 Å². The van der Waals surface area contributed by atoms with Crippen molar-refractivity contribution in [3.05, 3.63) is 113 Å². The molecule has 2 nitrogen and oxygen atoms in total. The number of nitrogens with zero attached hydrogens (tertiary/aromatic N) is 2. The van der Waals surface area contributed by atoms with Crippen molar-refractivity contribution < 1.29 is 0 Å². The average Bonchev–Trinajstić information content (AvgIpc) is 3.28. The smallest absolute Gasteiger partial charge is 0.134 e. The Labute approximate surface area is 174 Å². The second-order valence-corrected chi connectivity index (χ2v) is 7.30. The van der Waals surface area contributed by atoms with Gasteiger partial charge in [-0.2, -0.15) is 5.26 Å². The van der Waals surface area contributed by atoms with Crippen LogP contribution in [0.3, 0.4) is 0 Å². The first-order chi connectivity index (χ1) is 14.3. The Morgan fingerprint density at radius 1 is 0.793 bits per heavy atom. The van der Waals surface area contributed by atoms with E-state index in [0.29, 0.717) is 5.57 Å². The Hall–Kier alpha value is -3.74. The van der Waals surface area contributed by atoms with Crippen molar-refractivity contribution >= 4 is 23.0 Å². The van der Waals surface area contributed by atoms with Crippen molar-refractivity contribution in [1.82, 2.24) is 4.98 Å². The van der Waals surface area contributed by atoms with Gasteiger partial charge in [0.2, 0.25) is 0 Å². The molecule has 3 heteroatoms. The summed E-state index contributed by atoms with van der Waals surface area (Å²) in [6.07, 6.45) is 5.69. The summed E-state index contributed by atoms with van der Waals surface area (Å²) in [5, 5.41) is 12.3. The zero-order valence-corrected chi connectivity index (χ0v) is 16.5. The summed E-state index contributed by atoms with van der Waals surface area (Å²) in [7, 11) is 0. The number of hydrogen-bond acceptors (Lipinski definition) is 3. The van der Waals surface area contributed by atoms with Crippen molar-refractivity contribution in [2.24, 2.45) is 0 Å². The van der Waals surface area contributed by atoms with Gasteiger partial charge in [-0.3, -0.25) is 0 Å². The van der Waals surface area contributed by atoms with E-state index < -0.39 is 0 Å². The molecule has 138 valence electrons. The van der Waals surface area contributed by atoms with E-state index in [-0.39, 0.29) is 0 Å². The van der Waals surface area contributed by atoms with Crippen LogP contribution in [-0.4, -0.2) is 4.98 Å². The third-order valence-corrected chi connectivity index (χ3v) is 5.37. The van der Waals surface area contributed by atoms with Crippen LogP contribution < -0.4 is 0 Å². The number of aromatic nitrogens is 1. The topological polar surface area (TPSA) is 36.7 Å². The zero-order chi connectivity index (χ0) is 19.9. The number of allylic oxidation sites excluding steroid dienone is 3. The molecule has 0 saturated carbocycles. The number of hydrogen-bond donors (Lipinski definition) is 0. The minimum Gasteiger partial charge on any atom is -0.235 e. The van der Waals surface area contributed by atoms with Gasteiger partial charge in [-0.05, 0) is 22.8 Å². The maximum absolute atomic E-state index is 9.53. The van der Waals surface area contributed by atoms with Gasteiger partial charge in [0, 0.05) is 10.9 Å². The van der Waals surface area contributed by atoms with Crippen LogP contribution in [0.4, 0.5) is 0 Å². The van der Waals surface area contributed by atoms with Crippen LogP contribution in [0.2, 0.25) is 0 Å². The Kier molecular flexibility index (Phi) is 5.76. The van der Waals surface area contributed by atoms with Crippen LogP contribution in [0.1, 0.15) is 10.6 Å². The van der Waals surface area contributed by atoms with E-state index in [2.05, 4.69) is 47.5 Å². The summed E-state index contributed by atoms with van der Waals surface area (Å²) in [6, 6.07) is 30.9. The highest BCUT2D eigenvalue weighted by Gasteiger charge is 2.08. The Balaban J connectivity index is 1.53. The summed E-state index contributed by atoms with van der Waals surface area (Å²) < 4.78 is 0. The highest BCUT2D eigenvalue weighted by atomic mass is 32.1. The molecule has 4 aromatic rings. The van der Waals surface area contributed by atoms with Gasteiger partial charge >= 0.3 is 0 Å². The van der Waals surface area contributed by atoms with Crippen LogP contribution in [-0.2, 0) is 0 Å². The standard InChI is InChI=1S/C26H18N2S/c27-18-24(13-7-10-20-8-3-1-4-9-20)26-28-25(19-29-26)23-16-14-22(15-17-23)21-11-5-2-6-12-21/h1-17,19H. The van der Waals surface area contributed by atoms with Gasteiger partial charge in [0.15, 0.2) is 0 Å². The molecule has 0 N–H and O–H groups in total. The van der Waals surface area contributed by atoms with Crippen LogP contribution in [0, 0.1) is 11.3 Å². The molecule has 0 unspecified atom stereocenters. The lowest BCUT2D eigenvalue weighted by Crippen LogP contribution is -1.83. The van der Waals surface area contributed by atoms with Gasteiger partial charge in [-0.1, -0.05) is 97.1 Å². The lowest BCUT2D eigenvalue weighted by atomic mass is 10.0. The molecule has 0 atom stereocenters. The first-order valence-corrected chi connectivity index (χ1v) is 10.2. The maximum Gasteiger partial charge on any atom is 0.134 e. The molecule has 1 aromatic heterocycles. The van der Waals surface area contributed by atoms with Gasteiger partial charge in [0.25, 0.3) is 0 Å². The van der Waals surface area contributed by atoms with Crippen molar-refractivity contribution in [2.45, 2.75) is 0 Å². The molecule has 0 aliphatic heterocycles. The minimum absolute atomic E-state index is 0.564. The molecular weight excluding hydrogens is 372 g/mol. The van der Waals surface area contributed by atoms with Crippen LogP contribution >= 0.6 is 11.3 Å². The molecule has 0 spiro atoms. The van der Waals surface area contributed by atoms with Crippen LogP contribution in [0.5, 0.6) is 0 Å². The molecule has 3 aromatic carbocycles. The van der Waals surface area contributed by atoms with Crippen molar-refractivity contribution in [1.29, 1.82) is 5.26 Å². The molecule has 4 rings (SSSR count). The highest BCUT2D eigenvalue weighted by molar-refractivity contribution is 7.11. The molecule has 0 aliphatic carbocycles. The fourth-order valence-corrected chi connectivity index (χ4v) is 3.77. The van der Waals surface area contributed by atoms with Crippen LogP contribution in [0.15, 0.2) is 102 Å². The van der Waals surface area contributed by atoms with Gasteiger partial charge in [0.05, 0.1) is 11.3 Å². The number of nitriles is 1. The Morgan fingerprint density at radius 3 is 2.10 bits per heavy atom. The second-order valence-electron chi connectivity index (χ2n) is 6.44. The first kappa shape index (κ1) is 18.6. The molecule has 0 aliphatic rings. The van der Waals surface area contributed by atoms with Gasteiger partial charge in [-0.15, -0.1) is 11.3 Å². The molecule has 1 heterocycles. The summed E-state index contributed by atoms with van der Waals surface area (Å²) >= 11 is 1.49. The predicted molar refractivity (Wildman–Crippen MR) is 122 cm³/mol. The fourth-order valence-electron chi connectivity index (χ4n) is 2.97. The molecule has 0 radical (unpaired) electrons. The summed E-state index contributed by atoms with van der Waals surface area (Å²) in [5.41, 5.74) is 5.96. The van der Waals surface area contributed by atoms with Crippen molar-refractivity contribution in [2.75, 3.05) is 0 Å². The lowest BCUT2D eigenvalue weighted by molar-refractivity contribution is 1.37. The number of benzene rings is 3. The van der Waals surface area contributed by atoms with E-state index in [4.69, 9.17) is 0 Å². The third kappa shape index (κ3) is 4.57. The van der Waals surface area contributed by atoms with E-state index in [1.165, 1.54) is 22.5 Å². The van der Waals surface area contributed by atoms with E-state index in [9.17, 15) is 5.26 Å². The predicted octanol–water partition coefficient (Wildman–Crippen LogP) is 7.10. The number of thiazole rings is 1. The SMILES string of the molecule is N#CC(=CC=Cc1ccccc1)c1nc(-c2ccc(-c3ccccc3)cc2)cs1. The minimum atomic E-state index is 0.564. The quantitative estimate of drug-likeness (QED) is 0.269. The summed E-state index contributed by atoms with van der Waals surface area (Å²) in [4.78, 5) is 4.67. The Morgan fingerprint density at radius 2 is 1.41 bits per heavy atom. The van der Waals surface area contributed by atoms with Gasteiger partial charge in [0.1, 0.15) is 11.1 Å². The average molecular weight is 391 g/mol. The van der Waals surface area contributed by atoms with Gasteiger partial charge in [-0.25, -0.2) is 4.98 Å². The van der Waals surface area contributed by atoms with E-state index in [1.54, 1.807) is 0 Å². The van der Waals surface area contributed by atoms with E-state index in [1.807, 2.05) is 72.1 Å². The molecule has 29 heavy (non-hydrogen) atoms. The normalized spacial score (nSPS) is 11.5. The molecule has 0 saturated heterocycles. The zero-order valence-electron chi connectivity index (χ0n) is 15.7. The van der Waals surface area contributed by atoms with E-state index in [0.717, 1.165) is 21.8 Å². The van der Waals surface area contributed by atoms with Crippen LogP contribution in [0.25, 0.3) is 34.0 Å². The molecule has 0 amide bonds. The fraction of sp³-hybridized carbons (Fsp3) is 0. The van der Waals surface area contributed by atoms with Crippen molar-refractivity contribution in [3.63, 3.8) is 0 Å². The summed E-state index contributed by atoms with van der Waals surface area (Å²) in [6.45, 7) is 0. The molecular formula is C26H18N2S. The highest BCUT2D eigenvalue weighted by Crippen LogP contribution is 2.28. The third-order valence-electron chi connectivity index (χ3n) is 4.49. The number of rotatable bonds is 5. The monoisotopic (exact) mass is 390 g/mol. The van der Waals surface area contributed by atoms with Gasteiger partial charge < -0.3 is 0 Å². The largest absolute Gasteiger partial charge is 0.235 e. The lowest BCUT2D eigenvalue weighted by Gasteiger charge is -2.02. The Bertz CT molecular complexity index is 1180. The summed E-state index contributed by atoms with van der Waals surface area (Å²) in [5.74, 6) is 0. The second kappa shape index (κ2) is 8.97.